The predicted molar refractivity (Wildman–Crippen MR) is 126 cm³/mol. The molecule has 2 aromatic heterocycles. The predicted octanol–water partition coefficient (Wildman–Crippen LogP) is 6.43. The topological polar surface area (TPSA) is 34.0 Å². The molecule has 0 saturated carbocycles. The zero-order chi connectivity index (χ0) is 22.2. The lowest BCUT2D eigenvalue weighted by Crippen LogP contribution is -2.26. The lowest BCUT2D eigenvalue weighted by Gasteiger charge is -2.19. The van der Waals surface area contributed by atoms with Crippen LogP contribution in [-0.2, 0) is 18.5 Å². The van der Waals surface area contributed by atoms with Gasteiger partial charge in [-0.2, -0.15) is 0 Å². The van der Waals surface area contributed by atoms with Crippen LogP contribution in [-0.4, -0.2) is 10.5 Å². The second-order valence-corrected chi connectivity index (χ2v) is 10.2. The van der Waals surface area contributed by atoms with E-state index in [1.54, 1.807) is 29.5 Å². The summed E-state index contributed by atoms with van der Waals surface area (Å²) < 4.78 is 17.1. The Balaban J connectivity index is 1.62. The Bertz CT molecular complexity index is 1230. The summed E-state index contributed by atoms with van der Waals surface area (Å²) in [6.45, 7) is 9.43. The maximum atomic E-state index is 13.9. The minimum absolute atomic E-state index is 0.0987. The summed E-state index contributed by atoms with van der Waals surface area (Å²) in [6, 6.07) is 19.2. The van der Waals surface area contributed by atoms with Gasteiger partial charge in [-0.3, -0.25) is 4.79 Å². The standard InChI is InChI=1S/C26H27FN2OS/c1-17-13-22-24(31-17)14-23(25(30)28-15-19-7-5-6-8-21(19)27)29(22)16-18-9-11-20(12-10-18)26(2,3)4/h5-14H,15-16H2,1-4H3,(H,28,30). The van der Waals surface area contributed by atoms with E-state index in [0.29, 0.717) is 17.8 Å². The van der Waals surface area contributed by atoms with Gasteiger partial charge >= 0.3 is 0 Å². The number of carbonyl (C=O) groups is 1. The number of aromatic nitrogens is 1. The van der Waals surface area contributed by atoms with Crippen LogP contribution >= 0.6 is 11.3 Å². The van der Waals surface area contributed by atoms with Gasteiger partial charge in [-0.15, -0.1) is 11.3 Å². The van der Waals surface area contributed by atoms with Crippen molar-refractivity contribution < 1.29 is 9.18 Å². The Morgan fingerprint density at radius 2 is 1.77 bits per heavy atom. The fourth-order valence-corrected chi connectivity index (χ4v) is 4.69. The molecular formula is C26H27FN2OS. The van der Waals surface area contributed by atoms with Crippen molar-refractivity contribution >= 4 is 27.5 Å². The summed E-state index contributed by atoms with van der Waals surface area (Å²) in [5, 5.41) is 2.88. The molecule has 31 heavy (non-hydrogen) atoms. The Kier molecular flexibility index (Phi) is 5.71. The first-order valence-corrected chi connectivity index (χ1v) is 11.2. The van der Waals surface area contributed by atoms with Gasteiger partial charge in [0.25, 0.3) is 5.91 Å². The van der Waals surface area contributed by atoms with E-state index in [0.717, 1.165) is 15.8 Å². The quantitative estimate of drug-likeness (QED) is 0.386. The molecule has 2 aromatic carbocycles. The van der Waals surface area contributed by atoms with Crippen molar-refractivity contribution in [3.05, 3.63) is 93.7 Å². The molecule has 0 aliphatic rings. The van der Waals surface area contributed by atoms with E-state index in [2.05, 4.69) is 67.9 Å². The third kappa shape index (κ3) is 4.57. The highest BCUT2D eigenvalue weighted by molar-refractivity contribution is 7.19. The molecule has 0 aliphatic carbocycles. The lowest BCUT2D eigenvalue weighted by atomic mass is 9.87. The van der Waals surface area contributed by atoms with Crippen molar-refractivity contribution in [1.29, 1.82) is 0 Å². The number of carbonyl (C=O) groups excluding carboxylic acids is 1. The Morgan fingerprint density at radius 1 is 1.06 bits per heavy atom. The number of aryl methyl sites for hydroxylation is 1. The summed E-state index contributed by atoms with van der Waals surface area (Å²) in [4.78, 5) is 14.2. The number of hydrogen-bond donors (Lipinski definition) is 1. The molecule has 1 amide bonds. The van der Waals surface area contributed by atoms with Crippen LogP contribution in [0.25, 0.3) is 10.2 Å². The zero-order valence-electron chi connectivity index (χ0n) is 18.3. The maximum absolute atomic E-state index is 13.9. The average molecular weight is 435 g/mol. The van der Waals surface area contributed by atoms with E-state index in [9.17, 15) is 9.18 Å². The van der Waals surface area contributed by atoms with Gasteiger partial charge in [-0.25, -0.2) is 4.39 Å². The molecule has 3 nitrogen and oxygen atoms in total. The van der Waals surface area contributed by atoms with Gasteiger partial charge in [-0.05, 0) is 41.7 Å². The molecule has 0 saturated heterocycles. The number of thiophene rings is 1. The molecule has 1 N–H and O–H groups in total. The highest BCUT2D eigenvalue weighted by Crippen LogP contribution is 2.30. The van der Waals surface area contributed by atoms with Crippen molar-refractivity contribution in [2.24, 2.45) is 0 Å². The molecule has 160 valence electrons. The van der Waals surface area contributed by atoms with Crippen LogP contribution < -0.4 is 5.32 Å². The number of amides is 1. The van der Waals surface area contributed by atoms with Crippen LogP contribution in [0, 0.1) is 12.7 Å². The fraction of sp³-hybridized carbons (Fsp3) is 0.269. The van der Waals surface area contributed by atoms with Gasteiger partial charge in [0.05, 0.1) is 10.2 Å². The molecule has 0 unspecified atom stereocenters. The Labute approximate surface area is 186 Å². The van der Waals surface area contributed by atoms with Gasteiger partial charge in [0.2, 0.25) is 0 Å². The normalized spacial score (nSPS) is 11.8. The van der Waals surface area contributed by atoms with Crippen LogP contribution in [0.15, 0.2) is 60.7 Å². The lowest BCUT2D eigenvalue weighted by molar-refractivity contribution is 0.0942. The third-order valence-corrected chi connectivity index (χ3v) is 6.49. The molecule has 0 aliphatic heterocycles. The first kappa shape index (κ1) is 21.3. The minimum atomic E-state index is -0.311. The monoisotopic (exact) mass is 434 g/mol. The summed E-state index contributed by atoms with van der Waals surface area (Å²) in [7, 11) is 0. The molecule has 0 fully saturated rings. The van der Waals surface area contributed by atoms with Crippen molar-refractivity contribution in [2.45, 2.75) is 46.2 Å². The van der Waals surface area contributed by atoms with Crippen molar-refractivity contribution in [2.75, 3.05) is 0 Å². The number of halogens is 1. The molecule has 4 aromatic rings. The van der Waals surface area contributed by atoms with Gasteiger partial charge in [0.1, 0.15) is 11.5 Å². The van der Waals surface area contributed by atoms with Crippen LogP contribution in [0.3, 0.4) is 0 Å². The molecule has 4 rings (SSSR count). The van der Waals surface area contributed by atoms with Crippen molar-refractivity contribution in [1.82, 2.24) is 9.88 Å². The maximum Gasteiger partial charge on any atom is 0.268 e. The SMILES string of the molecule is Cc1cc2c(cc(C(=O)NCc3ccccc3F)n2Cc2ccc(C(C)(C)C)cc2)s1. The van der Waals surface area contributed by atoms with Crippen molar-refractivity contribution in [3.8, 4) is 0 Å². The molecule has 0 bridgehead atoms. The number of benzene rings is 2. The number of fused-ring (bicyclic) bond motifs is 1. The second-order valence-electron chi connectivity index (χ2n) is 8.94. The fourth-order valence-electron chi connectivity index (χ4n) is 3.72. The van der Waals surface area contributed by atoms with Crippen LogP contribution in [0.2, 0.25) is 0 Å². The first-order chi connectivity index (χ1) is 14.7. The highest BCUT2D eigenvalue weighted by Gasteiger charge is 2.19. The Hall–Kier alpha value is -2.92. The minimum Gasteiger partial charge on any atom is -0.347 e. The molecule has 2 heterocycles. The van der Waals surface area contributed by atoms with Gasteiger partial charge in [0.15, 0.2) is 0 Å². The number of hydrogen-bond acceptors (Lipinski definition) is 2. The molecule has 0 atom stereocenters. The van der Waals surface area contributed by atoms with E-state index in [-0.39, 0.29) is 23.7 Å². The van der Waals surface area contributed by atoms with Gasteiger partial charge in [0, 0.05) is 23.5 Å². The first-order valence-electron chi connectivity index (χ1n) is 10.4. The smallest absolute Gasteiger partial charge is 0.268 e. The number of nitrogens with one attached hydrogen (secondary N) is 1. The van der Waals surface area contributed by atoms with Crippen LogP contribution in [0.5, 0.6) is 0 Å². The third-order valence-electron chi connectivity index (χ3n) is 5.50. The van der Waals surface area contributed by atoms with E-state index in [1.807, 2.05) is 6.07 Å². The molecule has 5 heteroatoms. The number of rotatable bonds is 5. The Morgan fingerprint density at radius 3 is 2.45 bits per heavy atom. The molecule has 0 spiro atoms. The van der Waals surface area contributed by atoms with Gasteiger partial charge in [-0.1, -0.05) is 63.2 Å². The summed E-state index contributed by atoms with van der Waals surface area (Å²) >= 11 is 1.68. The summed E-state index contributed by atoms with van der Waals surface area (Å²) in [5.74, 6) is -0.510. The average Bonchev–Trinajstić information content (AvgIpc) is 3.24. The highest BCUT2D eigenvalue weighted by atomic mass is 32.1. The number of nitrogens with zero attached hydrogens (tertiary/aromatic N) is 1. The summed E-state index contributed by atoms with van der Waals surface area (Å²) in [5.41, 5.74) is 4.64. The van der Waals surface area contributed by atoms with Gasteiger partial charge < -0.3 is 9.88 Å². The van der Waals surface area contributed by atoms with Crippen molar-refractivity contribution in [3.63, 3.8) is 0 Å². The van der Waals surface area contributed by atoms with E-state index in [4.69, 9.17) is 0 Å². The second kappa shape index (κ2) is 8.31. The molecular weight excluding hydrogens is 407 g/mol. The summed E-state index contributed by atoms with van der Waals surface area (Å²) in [6.07, 6.45) is 0. The van der Waals surface area contributed by atoms with E-state index >= 15 is 0 Å². The van der Waals surface area contributed by atoms with Crippen LogP contribution in [0.4, 0.5) is 4.39 Å². The largest absolute Gasteiger partial charge is 0.347 e. The molecule has 0 radical (unpaired) electrons. The van der Waals surface area contributed by atoms with E-state index in [1.165, 1.54) is 16.5 Å². The van der Waals surface area contributed by atoms with E-state index < -0.39 is 0 Å². The zero-order valence-corrected chi connectivity index (χ0v) is 19.1. The van der Waals surface area contributed by atoms with Crippen LogP contribution in [0.1, 0.15) is 52.8 Å².